The number of alkyl halides is 17. The third kappa shape index (κ3) is 23.7. The maximum atomic E-state index is 13.7. The molecule has 728 valence electrons. The summed E-state index contributed by atoms with van der Waals surface area (Å²) in [4.78, 5) is 73.3. The smallest absolute Gasteiger partial charge is 0.467 e. The molecule has 0 bridgehead atoms. The van der Waals surface area contributed by atoms with Gasteiger partial charge in [-0.3, -0.25) is 42.1 Å². The number of nitrogen functional groups attached to an aromatic ring is 1. The monoisotopic (exact) mass is 2000 g/mol. The average Bonchev–Trinajstić information content (AvgIpc) is 1.61. The topological polar surface area (TPSA) is 368 Å². The van der Waals surface area contributed by atoms with E-state index in [1.165, 1.54) is 174 Å². The summed E-state index contributed by atoms with van der Waals surface area (Å²) >= 11 is 5.63. The summed E-state index contributed by atoms with van der Waals surface area (Å²) in [6.45, 7) is 0.669. The Morgan fingerprint density at radius 3 is 1.20 bits per heavy atom. The second kappa shape index (κ2) is 40.9. The summed E-state index contributed by atoms with van der Waals surface area (Å²) in [7, 11) is 1.44. The Morgan fingerprint density at radius 2 is 0.755 bits per heavy atom. The molecule has 16 aromatic heterocycles. The van der Waals surface area contributed by atoms with Crippen molar-refractivity contribution in [3.63, 3.8) is 0 Å². The summed E-state index contributed by atoms with van der Waals surface area (Å²) in [5, 5.41) is 14.6. The fourth-order valence-corrected chi connectivity index (χ4v) is 14.0. The van der Waals surface area contributed by atoms with Crippen LogP contribution in [0.25, 0.3) is 85.0 Å². The van der Waals surface area contributed by atoms with E-state index in [4.69, 9.17) is 22.1 Å². The number of benzene rings is 4. The Kier molecular flexibility index (Phi) is 28.0. The summed E-state index contributed by atoms with van der Waals surface area (Å²) in [6.07, 6.45) is 0.118. The maximum Gasteiger partial charge on any atom is 0.573 e. The number of nitrogens with one attached hydrogen (secondary N) is 5. The maximum absolute atomic E-state index is 13.7. The standard InChI is InChI=1S/C20H13F6N5O.C19H13F4N5O.C19H14F3N5.C17H12F3N7O.C16H9ClF3N7/c21-19(22,23)18-17(31-8-2-1-3-16(31)30-18)14-9-11(27)10-15(29-14)28-12-4-6-13(7-5-12)32-20(24,25)26;1-10-25-15-6-13(20)14(21)7-16(15)28(10)18-9-24-8-17(27-18)26-11-2-4-12(5-3-11)29-19(22)23;1-12-18(27-9-3-2-4-17(27)24-12)15-10-23-11-16(26-15)25-14-7-5-13(6-8-14)19(20,21)22;1-28-16-22-6-10(7-23-16)24-12-9-21-8-11(25-12)14-15(17(18,19)20)26-13-4-2-3-5-27(13)14;17-15-22-5-9(6-23-15)24-11-8-21-7-10(25-11)13-14(16(18,19)20)26-12-3-1-2-4-27(12)13/h1-10H,(H3,27,28,29);2-9,19H,1H3,(H,26,27);2-11H,1H3,(H,25,26);2-9H,1H3,(H,24,25);1-8H,(H,24,25). The molecule has 0 unspecified atom stereocenters. The Morgan fingerprint density at radius 1 is 0.371 bits per heavy atom. The number of ether oxygens (including phenoxy) is 3. The zero-order valence-corrected chi connectivity index (χ0v) is 73.4. The number of nitrogens with two attached hydrogens (primary N) is 1. The van der Waals surface area contributed by atoms with Crippen molar-refractivity contribution in [3.8, 4) is 68.9 Å². The summed E-state index contributed by atoms with van der Waals surface area (Å²) in [5.41, 5.74) is 7.76. The number of fused-ring (bicyclic) bond motifs is 5. The minimum Gasteiger partial charge on any atom is -0.467 e. The van der Waals surface area contributed by atoms with E-state index >= 15 is 0 Å². The number of methoxy groups -OCH3 is 1. The molecule has 0 aliphatic heterocycles. The third-order valence-electron chi connectivity index (χ3n) is 19.7. The number of halogens is 20. The molecular weight excluding hydrogens is 1940 g/mol. The highest BCUT2D eigenvalue weighted by Gasteiger charge is 2.42. The Hall–Kier alpha value is -18.1. The van der Waals surface area contributed by atoms with Gasteiger partial charge in [0.2, 0.25) is 5.28 Å². The lowest BCUT2D eigenvalue weighted by molar-refractivity contribution is -0.274. The number of imidazole rings is 5. The first kappa shape index (κ1) is 98.0. The normalized spacial score (nSPS) is 11.7. The van der Waals surface area contributed by atoms with E-state index in [9.17, 15) is 83.4 Å². The first-order valence-electron chi connectivity index (χ1n) is 40.9. The van der Waals surface area contributed by atoms with E-state index in [1.54, 1.807) is 66.2 Å². The van der Waals surface area contributed by atoms with Crippen LogP contribution in [0.2, 0.25) is 5.28 Å². The van der Waals surface area contributed by atoms with Gasteiger partial charge in [-0.1, -0.05) is 24.3 Å². The summed E-state index contributed by atoms with van der Waals surface area (Å²) in [5.74, 6) is -0.235. The highest BCUT2D eigenvalue weighted by atomic mass is 35.5. The molecule has 0 saturated carbocycles. The summed E-state index contributed by atoms with van der Waals surface area (Å²) in [6, 6.07) is 39.9. The molecule has 0 spiro atoms. The van der Waals surface area contributed by atoms with Crippen LogP contribution in [-0.2, 0) is 24.7 Å². The van der Waals surface area contributed by atoms with Crippen LogP contribution in [0, 0.1) is 25.5 Å². The Balaban J connectivity index is 0.000000129. The molecule has 4 aromatic carbocycles. The van der Waals surface area contributed by atoms with Crippen LogP contribution in [0.1, 0.15) is 34.2 Å². The number of anilines is 11. The van der Waals surface area contributed by atoms with Gasteiger partial charge in [0, 0.05) is 65.7 Å². The fraction of sp³-hybridized carbons (Fsp3) is 0.0989. The molecule has 16 heterocycles. The van der Waals surface area contributed by atoms with Crippen LogP contribution in [0.3, 0.4) is 0 Å². The lowest BCUT2D eigenvalue weighted by Gasteiger charge is -2.12. The van der Waals surface area contributed by atoms with E-state index < -0.39 is 77.7 Å². The molecule has 0 radical (unpaired) electrons. The van der Waals surface area contributed by atoms with Gasteiger partial charge in [-0.05, 0) is 153 Å². The molecule has 0 amide bonds. The van der Waals surface area contributed by atoms with Crippen LogP contribution in [0.5, 0.6) is 17.5 Å². The molecule has 0 atom stereocenters. The lowest BCUT2D eigenvalue weighted by Crippen LogP contribution is -2.16. The quantitative estimate of drug-likeness (QED) is 0.0323. The zero-order chi connectivity index (χ0) is 101. The minimum absolute atomic E-state index is 0.0147. The van der Waals surface area contributed by atoms with Crippen molar-refractivity contribution in [2.45, 2.75) is 51.5 Å². The number of rotatable bonds is 19. The van der Waals surface area contributed by atoms with Gasteiger partial charge in [0.15, 0.2) is 40.4 Å². The minimum atomic E-state index is -4.83. The van der Waals surface area contributed by atoms with Gasteiger partial charge in [-0.15, -0.1) is 13.2 Å². The zero-order valence-electron chi connectivity index (χ0n) is 72.6. The molecular formula is C91H61ClF19N29O3. The molecule has 32 nitrogen and oxygen atoms in total. The SMILES string of the molecule is COc1ncc(Nc2cncc(-c3c(C(F)(F)F)nc4ccccn34)n2)cn1.Cc1nc2cc(F)c(F)cc2n1-c1cncc(Nc2ccc(OC(F)F)cc2)n1.Cc1nc2ccccn2c1-c1cncc(Nc2ccc(C(F)(F)F)cc2)n1.FC(F)(F)c1nc2ccccn2c1-c1cncc(Nc2cnc(Cl)nc2)n1.Nc1cc(Nc2ccc(OC(F)(F)F)cc2)nc(-c2c(C(F)(F)F)nc3ccccn23)c1. The van der Waals surface area contributed by atoms with Gasteiger partial charge in [-0.25, -0.2) is 78.6 Å². The molecule has 0 saturated heterocycles. The molecule has 0 fully saturated rings. The van der Waals surface area contributed by atoms with Crippen molar-refractivity contribution < 1.29 is 97.6 Å². The predicted molar refractivity (Wildman–Crippen MR) is 482 cm³/mol. The van der Waals surface area contributed by atoms with Crippen LogP contribution in [-0.4, -0.2) is 132 Å². The second-order valence-corrected chi connectivity index (χ2v) is 29.9. The number of aromatic nitrogens is 23. The number of hydrogen-bond donors (Lipinski definition) is 6. The molecule has 0 aliphatic carbocycles. The van der Waals surface area contributed by atoms with Gasteiger partial charge >= 0.3 is 43.7 Å². The number of aryl methyl sites for hydroxylation is 2. The van der Waals surface area contributed by atoms with Gasteiger partial charge in [0.05, 0.1) is 127 Å². The molecule has 20 aromatic rings. The van der Waals surface area contributed by atoms with Gasteiger partial charge in [0.25, 0.3) is 0 Å². The van der Waals surface area contributed by atoms with E-state index in [0.29, 0.717) is 62.9 Å². The van der Waals surface area contributed by atoms with Crippen molar-refractivity contribution in [1.82, 2.24) is 112 Å². The number of pyridine rings is 5. The van der Waals surface area contributed by atoms with Gasteiger partial charge in [-0.2, -0.15) is 61.5 Å². The Bertz CT molecular complexity index is 7930. The first-order valence-corrected chi connectivity index (χ1v) is 41.3. The van der Waals surface area contributed by atoms with E-state index in [-0.39, 0.29) is 96.8 Å². The fourth-order valence-electron chi connectivity index (χ4n) is 13.9. The highest BCUT2D eigenvalue weighted by Crippen LogP contribution is 2.43. The second-order valence-electron chi connectivity index (χ2n) is 29.6. The van der Waals surface area contributed by atoms with Crippen LogP contribution in [0.4, 0.5) is 147 Å². The van der Waals surface area contributed by atoms with Crippen LogP contribution >= 0.6 is 11.6 Å². The molecule has 7 N–H and O–H groups in total. The van der Waals surface area contributed by atoms with Gasteiger partial charge in [0.1, 0.15) is 97.3 Å². The number of hydrogen-bond acceptors (Lipinski definition) is 27. The predicted octanol–water partition coefficient (Wildman–Crippen LogP) is 22.6. The largest absolute Gasteiger partial charge is 0.573 e. The third-order valence-corrected chi connectivity index (χ3v) is 19.9. The number of nitrogens with zero attached hydrogens (tertiary/aromatic N) is 23. The van der Waals surface area contributed by atoms with Crippen LogP contribution in [0.15, 0.2) is 269 Å². The first-order chi connectivity index (χ1) is 68.2. The molecule has 20 rings (SSSR count). The van der Waals surface area contributed by atoms with Gasteiger partial charge < -0.3 is 46.5 Å². The van der Waals surface area contributed by atoms with E-state index in [2.05, 4.69) is 126 Å². The van der Waals surface area contributed by atoms with E-state index in [1.807, 2.05) is 35.7 Å². The Labute approximate surface area is 794 Å². The molecule has 143 heavy (non-hydrogen) atoms. The van der Waals surface area contributed by atoms with Crippen molar-refractivity contribution >= 4 is 108 Å². The highest BCUT2D eigenvalue weighted by molar-refractivity contribution is 6.28. The van der Waals surface area contributed by atoms with Crippen molar-refractivity contribution in [2.24, 2.45) is 0 Å². The van der Waals surface area contributed by atoms with Crippen molar-refractivity contribution in [2.75, 3.05) is 39.4 Å². The molecule has 0 aliphatic rings. The van der Waals surface area contributed by atoms with Crippen molar-refractivity contribution in [1.29, 1.82) is 0 Å². The average molecular weight is 2010 g/mol. The molecule has 52 heteroatoms. The van der Waals surface area contributed by atoms with Crippen LogP contribution < -0.4 is 46.5 Å². The summed E-state index contributed by atoms with van der Waals surface area (Å²) < 4.78 is 269. The van der Waals surface area contributed by atoms with E-state index in [0.717, 1.165) is 53.4 Å². The van der Waals surface area contributed by atoms with Crippen molar-refractivity contribution in [3.05, 3.63) is 320 Å². The lowest BCUT2D eigenvalue weighted by atomic mass is 10.2.